The number of hydrogen-bond donors (Lipinski definition) is 1. The van der Waals surface area contributed by atoms with E-state index in [1.165, 1.54) is 13.8 Å². The first-order valence-corrected chi connectivity index (χ1v) is 7.84. The molecule has 1 heterocycles. The van der Waals surface area contributed by atoms with Crippen LogP contribution >= 0.6 is 0 Å². The summed E-state index contributed by atoms with van der Waals surface area (Å²) in [6.45, 7) is 4.92. The van der Waals surface area contributed by atoms with Gasteiger partial charge >= 0.3 is 6.18 Å². The number of benzene rings is 2. The number of carbonyl (C=O) groups is 1. The molecular weight excluding hydrogens is 331 g/mol. The molecule has 1 atom stereocenters. The van der Waals surface area contributed by atoms with Crippen LogP contribution in [0.4, 0.5) is 13.2 Å². The minimum absolute atomic E-state index is 0.00824. The number of primary amides is 1. The predicted molar refractivity (Wildman–Crippen MR) is 87.2 cm³/mol. The summed E-state index contributed by atoms with van der Waals surface area (Å²) in [6.07, 6.45) is -5.27. The van der Waals surface area contributed by atoms with Crippen molar-refractivity contribution in [3.05, 3.63) is 68.8 Å². The molecule has 1 unspecified atom stereocenters. The van der Waals surface area contributed by atoms with E-state index in [-0.39, 0.29) is 11.1 Å². The molecule has 0 aliphatic carbocycles. The van der Waals surface area contributed by atoms with E-state index in [9.17, 15) is 18.0 Å². The smallest absolute Gasteiger partial charge is 0.366 e. The Labute approximate surface area is 143 Å². The standard InChI is InChI=1S/C19H18F3NO2/c1-9-10(2)15(18(23)24)16(19(20,21)22)11(3)14(9)17-13-7-5-4-6-12(13)8-25-17/h4-7,17H,8H2,1-3H3,(H2,23,24). The molecule has 0 saturated carbocycles. The van der Waals surface area contributed by atoms with Crippen LogP contribution in [0.3, 0.4) is 0 Å². The number of halogens is 3. The summed E-state index contributed by atoms with van der Waals surface area (Å²) < 4.78 is 46.9. The number of hydrogen-bond acceptors (Lipinski definition) is 2. The van der Waals surface area contributed by atoms with E-state index in [0.29, 0.717) is 17.7 Å². The maximum Gasteiger partial charge on any atom is 0.417 e. The monoisotopic (exact) mass is 349 g/mol. The fourth-order valence-corrected chi connectivity index (χ4v) is 3.66. The third kappa shape index (κ3) is 2.70. The Morgan fingerprint density at radius 1 is 1.12 bits per heavy atom. The van der Waals surface area contributed by atoms with Crippen molar-refractivity contribution in [1.29, 1.82) is 0 Å². The van der Waals surface area contributed by atoms with Gasteiger partial charge in [0, 0.05) is 0 Å². The molecule has 0 fully saturated rings. The Kier molecular flexibility index (Phi) is 4.11. The van der Waals surface area contributed by atoms with Gasteiger partial charge in [-0.1, -0.05) is 24.3 Å². The van der Waals surface area contributed by atoms with Gasteiger partial charge in [0.2, 0.25) is 5.91 Å². The van der Waals surface area contributed by atoms with Gasteiger partial charge in [0.25, 0.3) is 0 Å². The van der Waals surface area contributed by atoms with Gasteiger partial charge < -0.3 is 10.5 Å². The molecule has 1 aliphatic heterocycles. The predicted octanol–water partition coefficient (Wildman–Crippen LogP) is 4.35. The van der Waals surface area contributed by atoms with E-state index in [2.05, 4.69) is 0 Å². The molecule has 2 aromatic carbocycles. The highest BCUT2D eigenvalue weighted by Crippen LogP contribution is 2.45. The maximum atomic E-state index is 13.7. The Hall–Kier alpha value is -2.34. The minimum atomic E-state index is -4.68. The molecule has 1 amide bonds. The van der Waals surface area contributed by atoms with Crippen molar-refractivity contribution < 1.29 is 22.7 Å². The highest BCUT2D eigenvalue weighted by atomic mass is 19.4. The van der Waals surface area contributed by atoms with Gasteiger partial charge in [-0.25, -0.2) is 0 Å². The van der Waals surface area contributed by atoms with Crippen molar-refractivity contribution in [2.45, 2.75) is 39.7 Å². The molecule has 6 heteroatoms. The largest absolute Gasteiger partial charge is 0.417 e. The number of nitrogens with two attached hydrogens (primary N) is 1. The highest BCUT2D eigenvalue weighted by Gasteiger charge is 2.41. The molecule has 3 rings (SSSR count). The van der Waals surface area contributed by atoms with E-state index in [4.69, 9.17) is 10.5 Å². The lowest BCUT2D eigenvalue weighted by Crippen LogP contribution is -2.24. The van der Waals surface area contributed by atoms with Gasteiger partial charge in [0.05, 0.1) is 17.7 Å². The summed E-state index contributed by atoms with van der Waals surface area (Å²) in [5, 5.41) is 0. The molecule has 0 aromatic heterocycles. The van der Waals surface area contributed by atoms with Crippen LogP contribution in [0.15, 0.2) is 24.3 Å². The lowest BCUT2D eigenvalue weighted by molar-refractivity contribution is -0.138. The average Bonchev–Trinajstić information content (AvgIpc) is 2.93. The van der Waals surface area contributed by atoms with Gasteiger partial charge in [-0.3, -0.25) is 4.79 Å². The summed E-state index contributed by atoms with van der Waals surface area (Å²) >= 11 is 0. The Balaban J connectivity index is 2.33. The van der Waals surface area contributed by atoms with Gasteiger partial charge in [-0.05, 0) is 54.2 Å². The van der Waals surface area contributed by atoms with Crippen LogP contribution in [0.5, 0.6) is 0 Å². The van der Waals surface area contributed by atoms with Crippen LogP contribution in [0.2, 0.25) is 0 Å². The Morgan fingerprint density at radius 3 is 2.36 bits per heavy atom. The van der Waals surface area contributed by atoms with Crippen LogP contribution in [-0.2, 0) is 17.5 Å². The van der Waals surface area contributed by atoms with Crippen LogP contribution in [-0.4, -0.2) is 5.91 Å². The number of rotatable bonds is 2. The first kappa shape index (κ1) is 17.5. The first-order chi connectivity index (χ1) is 11.6. The van der Waals surface area contributed by atoms with E-state index >= 15 is 0 Å². The van der Waals surface area contributed by atoms with Crippen molar-refractivity contribution in [2.24, 2.45) is 5.73 Å². The quantitative estimate of drug-likeness (QED) is 0.876. The molecule has 1 aliphatic rings. The number of alkyl halides is 3. The zero-order chi connectivity index (χ0) is 18.5. The second-order valence-corrected chi connectivity index (χ2v) is 6.29. The molecule has 2 aromatic rings. The second kappa shape index (κ2) is 5.88. The van der Waals surface area contributed by atoms with Crippen molar-refractivity contribution >= 4 is 5.91 Å². The molecule has 3 nitrogen and oxygen atoms in total. The summed E-state index contributed by atoms with van der Waals surface area (Å²) in [6, 6.07) is 7.46. The molecule has 0 spiro atoms. The highest BCUT2D eigenvalue weighted by molar-refractivity contribution is 5.97. The van der Waals surface area contributed by atoms with Crippen molar-refractivity contribution in [1.82, 2.24) is 0 Å². The lowest BCUT2D eigenvalue weighted by atomic mass is 9.83. The van der Waals surface area contributed by atoms with Gasteiger partial charge in [-0.2, -0.15) is 13.2 Å². The molecule has 0 radical (unpaired) electrons. The van der Waals surface area contributed by atoms with Crippen molar-refractivity contribution in [3.8, 4) is 0 Å². The fraction of sp³-hybridized carbons (Fsp3) is 0.316. The zero-order valence-electron chi connectivity index (χ0n) is 14.1. The van der Waals surface area contributed by atoms with Crippen LogP contribution < -0.4 is 5.73 Å². The van der Waals surface area contributed by atoms with Crippen molar-refractivity contribution in [3.63, 3.8) is 0 Å². The topological polar surface area (TPSA) is 52.3 Å². The summed E-state index contributed by atoms with van der Waals surface area (Å²) in [7, 11) is 0. The lowest BCUT2D eigenvalue weighted by Gasteiger charge is -2.25. The molecular formula is C19H18F3NO2. The van der Waals surface area contributed by atoms with E-state index in [1.54, 1.807) is 6.92 Å². The van der Waals surface area contributed by atoms with E-state index in [0.717, 1.165) is 11.1 Å². The van der Waals surface area contributed by atoms with Crippen LogP contribution in [0.1, 0.15) is 55.4 Å². The van der Waals surface area contributed by atoms with Crippen LogP contribution in [0, 0.1) is 20.8 Å². The summed E-state index contributed by atoms with van der Waals surface area (Å²) in [5.41, 5.74) is 6.93. The second-order valence-electron chi connectivity index (χ2n) is 6.29. The van der Waals surface area contributed by atoms with Gasteiger partial charge in [0.1, 0.15) is 6.10 Å². The molecule has 25 heavy (non-hydrogen) atoms. The SMILES string of the molecule is Cc1c(C)c(C2OCc3ccccc32)c(C)c(C(F)(F)F)c1C(N)=O. The van der Waals surface area contributed by atoms with Crippen LogP contribution in [0.25, 0.3) is 0 Å². The van der Waals surface area contributed by atoms with Crippen molar-refractivity contribution in [2.75, 3.05) is 0 Å². The molecule has 2 N–H and O–H groups in total. The third-order valence-corrected chi connectivity index (χ3v) is 4.91. The minimum Gasteiger partial charge on any atom is -0.366 e. The molecule has 132 valence electrons. The summed E-state index contributed by atoms with van der Waals surface area (Å²) in [5.74, 6) is -1.07. The van der Waals surface area contributed by atoms with E-state index < -0.39 is 29.3 Å². The average molecular weight is 349 g/mol. The normalized spacial score (nSPS) is 16.8. The fourth-order valence-electron chi connectivity index (χ4n) is 3.66. The number of amides is 1. The number of fused-ring (bicyclic) bond motifs is 1. The third-order valence-electron chi connectivity index (χ3n) is 4.91. The maximum absolute atomic E-state index is 13.7. The number of carbonyl (C=O) groups excluding carboxylic acids is 1. The number of ether oxygens (including phenoxy) is 1. The van der Waals surface area contributed by atoms with Gasteiger partial charge in [-0.15, -0.1) is 0 Å². The van der Waals surface area contributed by atoms with Gasteiger partial charge in [0.15, 0.2) is 0 Å². The first-order valence-electron chi connectivity index (χ1n) is 7.84. The van der Waals surface area contributed by atoms with E-state index in [1.807, 2.05) is 24.3 Å². The summed E-state index contributed by atoms with van der Waals surface area (Å²) in [4.78, 5) is 11.7. The molecule has 0 bridgehead atoms. The Morgan fingerprint density at radius 2 is 1.76 bits per heavy atom. The Bertz CT molecular complexity index is 872. The molecule has 0 saturated heterocycles. The zero-order valence-corrected chi connectivity index (χ0v) is 14.1.